The molecule has 2 aromatic rings. The maximum atomic E-state index is 11.1. The van der Waals surface area contributed by atoms with Gasteiger partial charge in [-0.05, 0) is 36.6 Å². The van der Waals surface area contributed by atoms with Crippen molar-refractivity contribution in [2.45, 2.75) is 24.5 Å². The third kappa shape index (κ3) is 4.01. The highest BCUT2D eigenvalue weighted by Crippen LogP contribution is 2.38. The molecular weight excluding hydrogens is 330 g/mol. The Labute approximate surface area is 154 Å². The molecule has 0 saturated carbocycles. The Morgan fingerprint density at radius 2 is 1.65 bits per heavy atom. The number of aliphatic hydroxyl groups is 2. The van der Waals surface area contributed by atoms with Gasteiger partial charge in [0.1, 0.15) is 11.5 Å². The van der Waals surface area contributed by atoms with Crippen LogP contribution in [0, 0.1) is 0 Å². The highest BCUT2D eigenvalue weighted by atomic mass is 16.5. The molecule has 1 saturated heterocycles. The second kappa shape index (κ2) is 8.08. The SMILES string of the molecule is COc1ccc(C(O)CN2CCC(O)(c3ccccc3OC)CC2)cc1. The second-order valence-electron chi connectivity index (χ2n) is 6.82. The van der Waals surface area contributed by atoms with Crippen molar-refractivity contribution >= 4 is 0 Å². The lowest BCUT2D eigenvalue weighted by Crippen LogP contribution is -2.44. The molecule has 3 rings (SSSR count). The molecule has 5 heteroatoms. The van der Waals surface area contributed by atoms with E-state index in [9.17, 15) is 10.2 Å². The van der Waals surface area contributed by atoms with Crippen molar-refractivity contribution in [3.8, 4) is 11.5 Å². The molecule has 1 atom stereocenters. The number of ether oxygens (including phenoxy) is 2. The molecule has 1 fully saturated rings. The lowest BCUT2D eigenvalue weighted by molar-refractivity contribution is -0.0358. The highest BCUT2D eigenvalue weighted by Gasteiger charge is 2.36. The monoisotopic (exact) mass is 357 g/mol. The zero-order chi connectivity index (χ0) is 18.6. The molecule has 0 spiro atoms. The van der Waals surface area contributed by atoms with Crippen LogP contribution in [0.15, 0.2) is 48.5 Å². The zero-order valence-corrected chi connectivity index (χ0v) is 15.4. The Bertz CT molecular complexity index is 708. The summed E-state index contributed by atoms with van der Waals surface area (Å²) in [6.45, 7) is 2.00. The van der Waals surface area contributed by atoms with Crippen molar-refractivity contribution < 1.29 is 19.7 Å². The van der Waals surface area contributed by atoms with Crippen LogP contribution in [-0.2, 0) is 5.60 Å². The Kier molecular flexibility index (Phi) is 5.81. The molecule has 1 aliphatic rings. The third-order valence-corrected chi connectivity index (χ3v) is 5.22. The molecule has 5 nitrogen and oxygen atoms in total. The topological polar surface area (TPSA) is 62.2 Å². The number of benzene rings is 2. The summed E-state index contributed by atoms with van der Waals surface area (Å²) in [7, 11) is 3.25. The van der Waals surface area contributed by atoms with Crippen LogP contribution in [0.1, 0.15) is 30.1 Å². The maximum absolute atomic E-state index is 11.1. The summed E-state index contributed by atoms with van der Waals surface area (Å²) in [5, 5.41) is 21.6. The van der Waals surface area contributed by atoms with Gasteiger partial charge in [0.2, 0.25) is 0 Å². The van der Waals surface area contributed by atoms with Gasteiger partial charge < -0.3 is 24.6 Å². The first-order valence-corrected chi connectivity index (χ1v) is 8.96. The van der Waals surface area contributed by atoms with Gasteiger partial charge >= 0.3 is 0 Å². The van der Waals surface area contributed by atoms with Gasteiger partial charge in [-0.1, -0.05) is 30.3 Å². The van der Waals surface area contributed by atoms with E-state index in [1.165, 1.54) is 0 Å². The van der Waals surface area contributed by atoms with Crippen LogP contribution in [0.3, 0.4) is 0 Å². The van der Waals surface area contributed by atoms with Crippen molar-refractivity contribution in [3.05, 3.63) is 59.7 Å². The molecule has 2 N–H and O–H groups in total. The van der Waals surface area contributed by atoms with E-state index < -0.39 is 11.7 Å². The molecule has 140 valence electrons. The van der Waals surface area contributed by atoms with Gasteiger partial charge in [-0.25, -0.2) is 0 Å². The summed E-state index contributed by atoms with van der Waals surface area (Å²) in [6, 6.07) is 15.1. The molecule has 0 aromatic heterocycles. The minimum atomic E-state index is -0.881. The summed E-state index contributed by atoms with van der Waals surface area (Å²) in [5.74, 6) is 1.50. The smallest absolute Gasteiger partial charge is 0.124 e. The first-order chi connectivity index (χ1) is 12.6. The fourth-order valence-electron chi connectivity index (χ4n) is 3.58. The summed E-state index contributed by atoms with van der Waals surface area (Å²) in [5.41, 5.74) is 0.836. The number of rotatable bonds is 6. The minimum Gasteiger partial charge on any atom is -0.497 e. The van der Waals surface area contributed by atoms with Crippen molar-refractivity contribution in [2.75, 3.05) is 33.9 Å². The predicted molar refractivity (Wildman–Crippen MR) is 101 cm³/mol. The van der Waals surface area contributed by atoms with Gasteiger partial charge in [-0.3, -0.25) is 0 Å². The average molecular weight is 357 g/mol. The van der Waals surface area contributed by atoms with Crippen molar-refractivity contribution in [2.24, 2.45) is 0 Å². The van der Waals surface area contributed by atoms with Crippen molar-refractivity contribution in [1.29, 1.82) is 0 Å². The van der Waals surface area contributed by atoms with Crippen molar-refractivity contribution in [3.63, 3.8) is 0 Å². The molecule has 26 heavy (non-hydrogen) atoms. The molecule has 1 aliphatic heterocycles. The van der Waals surface area contributed by atoms with Crippen LogP contribution in [0.25, 0.3) is 0 Å². The lowest BCUT2D eigenvalue weighted by Gasteiger charge is -2.39. The second-order valence-corrected chi connectivity index (χ2v) is 6.82. The van der Waals surface area contributed by atoms with Crippen LogP contribution >= 0.6 is 0 Å². The van der Waals surface area contributed by atoms with E-state index in [1.54, 1.807) is 14.2 Å². The van der Waals surface area contributed by atoms with Crippen molar-refractivity contribution in [1.82, 2.24) is 4.90 Å². The summed E-state index contributed by atoms with van der Waals surface area (Å²) in [6.07, 6.45) is 0.671. The molecule has 1 unspecified atom stereocenters. The number of nitrogens with zero attached hydrogens (tertiary/aromatic N) is 1. The number of hydrogen-bond donors (Lipinski definition) is 2. The molecule has 0 radical (unpaired) electrons. The predicted octanol–water partition coefficient (Wildman–Crippen LogP) is 2.72. The molecule has 2 aromatic carbocycles. The van der Waals surface area contributed by atoms with Gasteiger partial charge in [0, 0.05) is 25.2 Å². The fourth-order valence-corrected chi connectivity index (χ4v) is 3.58. The third-order valence-electron chi connectivity index (χ3n) is 5.22. The molecular formula is C21H27NO4. The number of aliphatic hydroxyl groups excluding tert-OH is 1. The summed E-state index contributed by atoms with van der Waals surface area (Å²) < 4.78 is 10.6. The zero-order valence-electron chi connectivity index (χ0n) is 15.4. The van der Waals surface area contributed by atoms with E-state index in [0.717, 1.165) is 35.7 Å². The molecule has 0 aliphatic carbocycles. The summed E-state index contributed by atoms with van der Waals surface area (Å²) >= 11 is 0. The standard InChI is InChI=1S/C21H27NO4/c1-25-17-9-7-16(8-10-17)19(23)15-22-13-11-21(24,12-14-22)18-5-3-4-6-20(18)26-2/h3-10,19,23-24H,11-15H2,1-2H3. The normalized spacial score (nSPS) is 18.3. The quantitative estimate of drug-likeness (QED) is 0.832. The van der Waals surface area contributed by atoms with Gasteiger partial charge in [-0.2, -0.15) is 0 Å². The number of β-amino-alcohol motifs (C(OH)–C–C–N with tert-alkyl or cyclic N) is 1. The van der Waals surface area contributed by atoms with E-state index in [0.29, 0.717) is 19.4 Å². The van der Waals surface area contributed by atoms with Crippen LogP contribution in [-0.4, -0.2) is 49.0 Å². The van der Waals surface area contributed by atoms with E-state index in [1.807, 2.05) is 48.5 Å². The number of hydrogen-bond acceptors (Lipinski definition) is 5. The van der Waals surface area contributed by atoms with Gasteiger partial charge in [0.15, 0.2) is 0 Å². The Morgan fingerprint density at radius 3 is 2.27 bits per heavy atom. The van der Waals surface area contributed by atoms with Gasteiger partial charge in [0.25, 0.3) is 0 Å². The first kappa shape index (κ1) is 18.7. The molecule has 0 bridgehead atoms. The largest absolute Gasteiger partial charge is 0.497 e. The van der Waals surface area contributed by atoms with Crippen LogP contribution in [0.4, 0.5) is 0 Å². The number of para-hydroxylation sites is 1. The number of piperidine rings is 1. The highest BCUT2D eigenvalue weighted by molar-refractivity contribution is 5.38. The average Bonchev–Trinajstić information content (AvgIpc) is 2.70. The Balaban J connectivity index is 1.61. The molecule has 0 amide bonds. The van der Waals surface area contributed by atoms with Crippen LogP contribution in [0.2, 0.25) is 0 Å². The van der Waals surface area contributed by atoms with Gasteiger partial charge in [-0.15, -0.1) is 0 Å². The van der Waals surface area contributed by atoms with E-state index in [2.05, 4.69) is 4.90 Å². The number of likely N-dealkylation sites (tertiary alicyclic amines) is 1. The van der Waals surface area contributed by atoms with E-state index in [-0.39, 0.29) is 0 Å². The van der Waals surface area contributed by atoms with E-state index >= 15 is 0 Å². The molecule has 1 heterocycles. The van der Waals surface area contributed by atoms with E-state index in [4.69, 9.17) is 9.47 Å². The van der Waals surface area contributed by atoms with Gasteiger partial charge in [0.05, 0.1) is 25.9 Å². The fraction of sp³-hybridized carbons (Fsp3) is 0.429. The number of methoxy groups -OCH3 is 2. The minimum absolute atomic E-state index is 0.550. The Hall–Kier alpha value is -2.08. The Morgan fingerprint density at radius 1 is 1.00 bits per heavy atom. The van der Waals surface area contributed by atoms with Crippen LogP contribution < -0.4 is 9.47 Å². The first-order valence-electron chi connectivity index (χ1n) is 8.96. The van der Waals surface area contributed by atoms with Crippen LogP contribution in [0.5, 0.6) is 11.5 Å². The maximum Gasteiger partial charge on any atom is 0.124 e. The summed E-state index contributed by atoms with van der Waals surface area (Å²) in [4.78, 5) is 2.19. The lowest BCUT2D eigenvalue weighted by atomic mass is 9.83.